The summed E-state index contributed by atoms with van der Waals surface area (Å²) in [4.78, 5) is 20.3. The summed E-state index contributed by atoms with van der Waals surface area (Å²) < 4.78 is 0. The maximum Gasteiger partial charge on any atom is 2.00 e. The van der Waals surface area contributed by atoms with E-state index in [0.29, 0.717) is 0 Å². The van der Waals surface area contributed by atoms with Crippen molar-refractivity contribution in [2.75, 3.05) is 0 Å². The summed E-state index contributed by atoms with van der Waals surface area (Å²) in [5.74, 6) is 0. The third-order valence-electron chi connectivity index (χ3n) is 7.09. The number of unbranched alkanes of at least 4 members (excludes halogenated alkanes) is 3. The standard InChI is InChI=1S/C32H36N4.Ni/c1-4-7-10-24-27-15-13-22(33-27)21-23-14-16-28(34-23)25(11-8-5-2)30-18-20-32(36-30)26(12-9-6-3)31-19-17-29(24)35-31;/h13-21H,4-12H2,1-3H3;/q-2;+2. The van der Waals surface area contributed by atoms with E-state index in [4.69, 9.17) is 19.9 Å². The van der Waals surface area contributed by atoms with Crippen LogP contribution in [0.3, 0.4) is 0 Å². The van der Waals surface area contributed by atoms with Crippen LogP contribution in [0.1, 0.15) is 98.8 Å². The summed E-state index contributed by atoms with van der Waals surface area (Å²) >= 11 is 0. The Balaban J connectivity index is 0.00000320. The van der Waals surface area contributed by atoms with Gasteiger partial charge >= 0.3 is 16.5 Å². The number of aryl methyl sites for hydroxylation is 3. The average molecular weight is 535 g/mol. The van der Waals surface area contributed by atoms with Gasteiger partial charge in [-0.3, -0.25) is 0 Å². The zero-order valence-corrected chi connectivity index (χ0v) is 23.2. The van der Waals surface area contributed by atoms with E-state index in [9.17, 15) is 0 Å². The van der Waals surface area contributed by atoms with Gasteiger partial charge in [0.2, 0.25) is 0 Å². The van der Waals surface area contributed by atoms with E-state index in [0.717, 1.165) is 103 Å². The van der Waals surface area contributed by atoms with E-state index in [1.807, 2.05) is 0 Å². The van der Waals surface area contributed by atoms with Crippen molar-refractivity contribution >= 4 is 46.4 Å². The molecule has 0 saturated carbocycles. The minimum atomic E-state index is 0. The SMILES string of the molecule is CCCCc1c2nc(c(CCCC)c3ccc([n-]3)c(CCCC)c3nc(cc4ccc1[n-]4)C=C3)C=C2.[Ni+2]. The van der Waals surface area contributed by atoms with E-state index < -0.39 is 0 Å². The van der Waals surface area contributed by atoms with Crippen LogP contribution in [-0.2, 0) is 35.8 Å². The molecule has 3 aromatic heterocycles. The Kier molecular flexibility index (Phi) is 9.21. The maximum atomic E-state index is 5.17. The van der Waals surface area contributed by atoms with E-state index in [1.54, 1.807) is 0 Å². The topological polar surface area (TPSA) is 54.0 Å². The van der Waals surface area contributed by atoms with Gasteiger partial charge in [-0.05, 0) is 79.5 Å². The van der Waals surface area contributed by atoms with Crippen molar-refractivity contribution < 1.29 is 16.5 Å². The summed E-state index contributed by atoms with van der Waals surface area (Å²) in [6.45, 7) is 6.71. The first-order valence-corrected chi connectivity index (χ1v) is 13.7. The molecular formula is C32H36N4Ni. The molecule has 0 radical (unpaired) electrons. The Morgan fingerprint density at radius 1 is 0.568 bits per heavy atom. The van der Waals surface area contributed by atoms with Crippen molar-refractivity contribution in [2.24, 2.45) is 0 Å². The van der Waals surface area contributed by atoms with Crippen molar-refractivity contribution in [3.8, 4) is 0 Å². The first-order chi connectivity index (χ1) is 17.7. The molecule has 0 spiro atoms. The molecule has 0 aromatic carbocycles. The van der Waals surface area contributed by atoms with Crippen LogP contribution in [0.5, 0.6) is 0 Å². The zero-order chi connectivity index (χ0) is 24.9. The first kappa shape index (κ1) is 27.1. The minimum Gasteiger partial charge on any atom is -0.657 e. The summed E-state index contributed by atoms with van der Waals surface area (Å²) in [6.07, 6.45) is 18.3. The smallest absolute Gasteiger partial charge is 0.657 e. The van der Waals surface area contributed by atoms with Crippen LogP contribution in [0.4, 0.5) is 0 Å². The Morgan fingerprint density at radius 2 is 1.03 bits per heavy atom. The van der Waals surface area contributed by atoms with Crippen LogP contribution in [0.2, 0.25) is 0 Å². The second kappa shape index (κ2) is 12.6. The van der Waals surface area contributed by atoms with Crippen LogP contribution in [-0.4, -0.2) is 9.97 Å². The fourth-order valence-corrected chi connectivity index (χ4v) is 5.02. The molecule has 3 aromatic rings. The second-order valence-corrected chi connectivity index (χ2v) is 9.83. The molecule has 0 saturated heterocycles. The molecule has 0 amide bonds. The predicted octanol–water partition coefficient (Wildman–Crippen LogP) is 7.94. The van der Waals surface area contributed by atoms with E-state index in [-0.39, 0.29) is 16.5 Å². The van der Waals surface area contributed by atoms with Gasteiger partial charge in [0.1, 0.15) is 0 Å². The molecule has 2 aliphatic heterocycles. The molecule has 37 heavy (non-hydrogen) atoms. The van der Waals surface area contributed by atoms with Gasteiger partial charge in [0.25, 0.3) is 0 Å². The number of nitrogens with zero attached hydrogens (tertiary/aromatic N) is 4. The summed E-state index contributed by atoms with van der Waals surface area (Å²) in [6, 6.07) is 10.7. The molecule has 194 valence electrons. The van der Waals surface area contributed by atoms with Crippen LogP contribution in [0.25, 0.3) is 46.4 Å². The molecule has 2 aliphatic rings. The largest absolute Gasteiger partial charge is 2.00 e. The van der Waals surface area contributed by atoms with E-state index >= 15 is 0 Å². The van der Waals surface area contributed by atoms with Crippen LogP contribution in [0.15, 0.2) is 30.3 Å². The van der Waals surface area contributed by atoms with Crippen LogP contribution < -0.4 is 9.97 Å². The summed E-state index contributed by atoms with van der Waals surface area (Å²) in [5.41, 5.74) is 11.8. The molecule has 4 nitrogen and oxygen atoms in total. The zero-order valence-electron chi connectivity index (χ0n) is 22.2. The van der Waals surface area contributed by atoms with Crippen LogP contribution >= 0.6 is 0 Å². The molecule has 0 unspecified atom stereocenters. The number of hydrogen-bond acceptors (Lipinski definition) is 2. The predicted molar refractivity (Wildman–Crippen MR) is 153 cm³/mol. The fourth-order valence-electron chi connectivity index (χ4n) is 5.02. The van der Waals surface area contributed by atoms with Gasteiger partial charge in [0.15, 0.2) is 0 Å². The Bertz CT molecular complexity index is 1450. The van der Waals surface area contributed by atoms with Crippen molar-refractivity contribution in [1.29, 1.82) is 0 Å². The Labute approximate surface area is 230 Å². The monoisotopic (exact) mass is 534 g/mol. The number of hydrogen-bond donors (Lipinski definition) is 0. The Hall–Kier alpha value is -2.91. The molecule has 5 rings (SSSR count). The van der Waals surface area contributed by atoms with Gasteiger partial charge in [0.05, 0.1) is 22.8 Å². The van der Waals surface area contributed by atoms with Crippen molar-refractivity contribution in [3.05, 3.63) is 69.8 Å². The van der Waals surface area contributed by atoms with E-state index in [1.165, 1.54) is 16.7 Å². The van der Waals surface area contributed by atoms with Crippen molar-refractivity contribution in [1.82, 2.24) is 19.9 Å². The van der Waals surface area contributed by atoms with Crippen molar-refractivity contribution in [2.45, 2.75) is 78.6 Å². The summed E-state index contributed by atoms with van der Waals surface area (Å²) in [7, 11) is 0. The quantitative estimate of drug-likeness (QED) is 0.180. The van der Waals surface area contributed by atoms with Gasteiger partial charge in [-0.25, -0.2) is 9.97 Å². The molecule has 8 bridgehead atoms. The maximum absolute atomic E-state index is 5.17. The second-order valence-electron chi connectivity index (χ2n) is 9.83. The molecule has 0 N–H and O–H groups in total. The third kappa shape index (κ3) is 5.99. The number of aromatic nitrogens is 4. The molecule has 5 heterocycles. The molecular weight excluding hydrogens is 499 g/mol. The Morgan fingerprint density at radius 3 is 1.57 bits per heavy atom. The molecule has 0 fully saturated rings. The normalized spacial score (nSPS) is 12.2. The van der Waals surface area contributed by atoms with Gasteiger partial charge in [0, 0.05) is 0 Å². The van der Waals surface area contributed by atoms with Gasteiger partial charge < -0.3 is 9.97 Å². The molecule has 0 atom stereocenters. The van der Waals surface area contributed by atoms with Gasteiger partial charge in [-0.1, -0.05) is 70.4 Å². The third-order valence-corrected chi connectivity index (χ3v) is 7.09. The molecule has 5 heteroatoms. The van der Waals surface area contributed by atoms with Crippen LogP contribution in [0, 0.1) is 0 Å². The van der Waals surface area contributed by atoms with Gasteiger partial charge in [-0.15, -0.1) is 22.1 Å². The minimum absolute atomic E-state index is 0. The van der Waals surface area contributed by atoms with Crippen molar-refractivity contribution in [3.63, 3.8) is 0 Å². The number of rotatable bonds is 9. The van der Waals surface area contributed by atoms with Gasteiger partial charge in [-0.2, -0.15) is 0 Å². The molecule has 0 aliphatic carbocycles. The number of fused-ring (bicyclic) bond motifs is 8. The van der Waals surface area contributed by atoms with E-state index in [2.05, 4.69) is 75.4 Å². The fraction of sp³-hybridized carbons (Fsp3) is 0.375. The summed E-state index contributed by atoms with van der Waals surface area (Å²) in [5, 5.41) is 0. The average Bonchev–Trinajstić information content (AvgIpc) is 3.69. The first-order valence-electron chi connectivity index (χ1n) is 13.7.